The molecule has 8 heavy (non-hydrogen) atoms. The smallest absolute Gasteiger partial charge is 0.254 e. The summed E-state index contributed by atoms with van der Waals surface area (Å²) in [5, 5.41) is 1.41. The van der Waals surface area contributed by atoms with E-state index < -0.39 is 0 Å². The average molecular weight is 115 g/mol. The zero-order valence-electron chi connectivity index (χ0n) is 4.72. The lowest BCUT2D eigenvalue weighted by atomic mass is 10.3. The maximum Gasteiger partial charge on any atom is 0.254 e. The molecule has 0 saturated carbocycles. The van der Waals surface area contributed by atoms with Crippen LogP contribution in [0.1, 0.15) is 0 Å². The molecule has 4 heteroatoms. The third-order valence-corrected chi connectivity index (χ3v) is 1.20. The van der Waals surface area contributed by atoms with E-state index in [1.807, 2.05) is 0 Å². The molecule has 0 spiro atoms. The van der Waals surface area contributed by atoms with Crippen LogP contribution in [0.3, 0.4) is 0 Å². The Labute approximate surface area is 47.6 Å². The number of hydrogen-bond acceptors (Lipinski definition) is 3. The second kappa shape index (κ2) is 1.72. The molecule has 0 aromatic rings. The van der Waals surface area contributed by atoms with Crippen molar-refractivity contribution >= 4 is 5.91 Å². The zero-order valence-corrected chi connectivity index (χ0v) is 4.72. The number of nitrogens with zero attached hydrogens (tertiary/aromatic N) is 1. The van der Waals surface area contributed by atoms with Crippen LogP contribution in [0.2, 0.25) is 0 Å². The molecule has 1 heterocycles. The van der Waals surface area contributed by atoms with Crippen molar-refractivity contribution in [3.63, 3.8) is 0 Å². The van der Waals surface area contributed by atoms with Gasteiger partial charge in [-0.1, -0.05) is 0 Å². The molecule has 1 aliphatic rings. The van der Waals surface area contributed by atoms with E-state index in [1.54, 1.807) is 7.05 Å². The molecular formula is C4H9N3O. The second-order valence-corrected chi connectivity index (χ2v) is 1.87. The standard InChI is InChI=1S/C4H9N3O/c1-7-4(8)3(5)2-6-7/h3,6H,2,5H2,1H3. The molecule has 1 atom stereocenters. The first kappa shape index (κ1) is 5.53. The lowest BCUT2D eigenvalue weighted by molar-refractivity contribution is -0.129. The van der Waals surface area contributed by atoms with Crippen LogP contribution >= 0.6 is 0 Å². The van der Waals surface area contributed by atoms with Crippen molar-refractivity contribution in [3.05, 3.63) is 0 Å². The fourth-order valence-electron chi connectivity index (χ4n) is 0.649. The summed E-state index contributed by atoms with van der Waals surface area (Å²) in [5.74, 6) is -0.0370. The van der Waals surface area contributed by atoms with E-state index >= 15 is 0 Å². The topological polar surface area (TPSA) is 58.4 Å². The maximum absolute atomic E-state index is 10.6. The molecule has 1 rings (SSSR count). The Balaban J connectivity index is 2.57. The molecule has 0 aliphatic carbocycles. The monoisotopic (exact) mass is 115 g/mol. The minimum absolute atomic E-state index is 0.0370. The second-order valence-electron chi connectivity index (χ2n) is 1.87. The Bertz CT molecular complexity index is 102. The quantitative estimate of drug-likeness (QED) is 0.395. The van der Waals surface area contributed by atoms with Gasteiger partial charge < -0.3 is 5.73 Å². The molecule has 1 saturated heterocycles. The first-order valence-electron chi connectivity index (χ1n) is 2.48. The van der Waals surface area contributed by atoms with E-state index in [0.717, 1.165) is 0 Å². The van der Waals surface area contributed by atoms with Gasteiger partial charge in [0.2, 0.25) is 0 Å². The molecule has 46 valence electrons. The number of nitrogens with two attached hydrogens (primary N) is 1. The zero-order chi connectivity index (χ0) is 6.15. The summed E-state index contributed by atoms with van der Waals surface area (Å²) in [6.45, 7) is 0.565. The summed E-state index contributed by atoms with van der Waals surface area (Å²) in [6.07, 6.45) is 0. The van der Waals surface area contributed by atoms with E-state index in [9.17, 15) is 4.79 Å². The number of likely N-dealkylation sites (N-methyl/N-ethyl adjacent to an activating group) is 1. The average Bonchev–Trinajstić information content (AvgIpc) is 1.98. The van der Waals surface area contributed by atoms with Gasteiger partial charge in [0.1, 0.15) is 6.04 Å². The fraction of sp³-hybridized carbons (Fsp3) is 0.750. The van der Waals surface area contributed by atoms with E-state index in [-0.39, 0.29) is 11.9 Å². The summed E-state index contributed by atoms with van der Waals surface area (Å²) in [7, 11) is 1.66. The van der Waals surface area contributed by atoms with E-state index in [0.29, 0.717) is 6.54 Å². The SMILES string of the molecule is CN1NCC(N)C1=O. The van der Waals surface area contributed by atoms with Crippen molar-refractivity contribution in [1.82, 2.24) is 10.4 Å². The summed E-state index contributed by atoms with van der Waals surface area (Å²) < 4.78 is 0. The third kappa shape index (κ3) is 0.677. The van der Waals surface area contributed by atoms with Crippen LogP contribution in [0.25, 0.3) is 0 Å². The van der Waals surface area contributed by atoms with Gasteiger partial charge in [-0.05, 0) is 0 Å². The van der Waals surface area contributed by atoms with E-state index in [4.69, 9.17) is 5.73 Å². The Morgan fingerprint density at radius 2 is 2.62 bits per heavy atom. The Morgan fingerprint density at radius 3 is 2.75 bits per heavy atom. The van der Waals surface area contributed by atoms with Gasteiger partial charge in [0.25, 0.3) is 5.91 Å². The highest BCUT2D eigenvalue weighted by Gasteiger charge is 2.24. The summed E-state index contributed by atoms with van der Waals surface area (Å²) >= 11 is 0. The first-order valence-corrected chi connectivity index (χ1v) is 2.48. The molecule has 3 N–H and O–H groups in total. The highest BCUT2D eigenvalue weighted by Crippen LogP contribution is 1.92. The van der Waals surface area contributed by atoms with Crippen molar-refractivity contribution < 1.29 is 4.79 Å². The van der Waals surface area contributed by atoms with Crippen molar-refractivity contribution in [2.24, 2.45) is 5.73 Å². The molecule has 1 unspecified atom stereocenters. The Kier molecular flexibility index (Phi) is 1.19. The molecule has 1 amide bonds. The van der Waals surface area contributed by atoms with Gasteiger partial charge in [0.05, 0.1) is 0 Å². The summed E-state index contributed by atoms with van der Waals surface area (Å²) in [6, 6.07) is -0.333. The lowest BCUT2D eigenvalue weighted by Crippen LogP contribution is -2.33. The largest absolute Gasteiger partial charge is 0.319 e. The molecule has 4 nitrogen and oxygen atoms in total. The lowest BCUT2D eigenvalue weighted by Gasteiger charge is -2.05. The van der Waals surface area contributed by atoms with Crippen LogP contribution in [0.5, 0.6) is 0 Å². The van der Waals surface area contributed by atoms with Gasteiger partial charge in [-0.25, -0.2) is 5.43 Å². The van der Waals surface area contributed by atoms with Crippen LogP contribution in [-0.2, 0) is 4.79 Å². The number of carbonyl (C=O) groups excluding carboxylic acids is 1. The van der Waals surface area contributed by atoms with Crippen LogP contribution in [0.4, 0.5) is 0 Å². The number of nitrogens with one attached hydrogen (secondary N) is 1. The minimum Gasteiger partial charge on any atom is -0.319 e. The third-order valence-electron chi connectivity index (χ3n) is 1.20. The molecule has 0 aromatic heterocycles. The Morgan fingerprint density at radius 1 is 2.00 bits per heavy atom. The van der Waals surface area contributed by atoms with Gasteiger partial charge in [-0.3, -0.25) is 9.80 Å². The fourth-order valence-corrected chi connectivity index (χ4v) is 0.649. The highest BCUT2D eigenvalue weighted by molar-refractivity contribution is 5.82. The van der Waals surface area contributed by atoms with Crippen molar-refractivity contribution in [2.75, 3.05) is 13.6 Å². The molecule has 1 aliphatic heterocycles. The molecular weight excluding hydrogens is 106 g/mol. The van der Waals surface area contributed by atoms with E-state index in [2.05, 4.69) is 5.43 Å². The Hall–Kier alpha value is -0.610. The van der Waals surface area contributed by atoms with E-state index in [1.165, 1.54) is 5.01 Å². The molecule has 0 aromatic carbocycles. The number of hydrazine groups is 1. The highest BCUT2D eigenvalue weighted by atomic mass is 16.2. The van der Waals surface area contributed by atoms with Crippen LogP contribution in [0.15, 0.2) is 0 Å². The van der Waals surface area contributed by atoms with Crippen molar-refractivity contribution in [3.8, 4) is 0 Å². The molecule has 0 radical (unpaired) electrons. The first-order chi connectivity index (χ1) is 3.72. The van der Waals surface area contributed by atoms with Crippen molar-refractivity contribution in [1.29, 1.82) is 0 Å². The summed E-state index contributed by atoms with van der Waals surface area (Å²) in [4.78, 5) is 10.6. The number of carbonyl (C=O) groups is 1. The number of rotatable bonds is 0. The number of hydrogen-bond donors (Lipinski definition) is 2. The normalized spacial score (nSPS) is 29.5. The van der Waals surface area contributed by atoms with Crippen LogP contribution < -0.4 is 11.2 Å². The van der Waals surface area contributed by atoms with Crippen LogP contribution in [0, 0.1) is 0 Å². The van der Waals surface area contributed by atoms with Gasteiger partial charge >= 0.3 is 0 Å². The van der Waals surface area contributed by atoms with Gasteiger partial charge in [-0.15, -0.1) is 0 Å². The van der Waals surface area contributed by atoms with Gasteiger partial charge in [-0.2, -0.15) is 0 Å². The number of amides is 1. The van der Waals surface area contributed by atoms with Gasteiger partial charge in [0.15, 0.2) is 0 Å². The molecule has 0 bridgehead atoms. The predicted octanol–water partition coefficient (Wildman–Crippen LogP) is -1.71. The minimum atomic E-state index is -0.333. The van der Waals surface area contributed by atoms with Crippen LogP contribution in [-0.4, -0.2) is 30.6 Å². The predicted molar refractivity (Wildman–Crippen MR) is 28.7 cm³/mol. The van der Waals surface area contributed by atoms with Crippen molar-refractivity contribution in [2.45, 2.75) is 6.04 Å². The summed E-state index contributed by atoms with van der Waals surface area (Å²) in [5.41, 5.74) is 8.09. The molecule has 1 fully saturated rings. The maximum atomic E-state index is 10.6. The van der Waals surface area contributed by atoms with Gasteiger partial charge in [0, 0.05) is 13.6 Å².